The van der Waals surface area contributed by atoms with Crippen LogP contribution in [0.5, 0.6) is 5.75 Å². The van der Waals surface area contributed by atoms with Crippen molar-refractivity contribution in [3.63, 3.8) is 0 Å². The molecule has 0 radical (unpaired) electrons. The second-order valence-electron chi connectivity index (χ2n) is 10.4. The molecule has 0 spiro atoms. The normalized spacial score (nSPS) is 12.0. The van der Waals surface area contributed by atoms with Crippen molar-refractivity contribution in [3.05, 3.63) is 23.8 Å². The topological polar surface area (TPSA) is 58.6 Å². The van der Waals surface area contributed by atoms with Crippen molar-refractivity contribution < 1.29 is 14.6 Å². The fraction of sp³-hybridized carbons (Fsp3) is 0.774. The Balaban J connectivity index is 2.06. The van der Waals surface area contributed by atoms with Gasteiger partial charge in [-0.2, -0.15) is 0 Å². The number of phenolic OH excluding ortho intramolecular Hbond substituents is 1. The molecule has 0 saturated heterocycles. The lowest BCUT2D eigenvalue weighted by molar-refractivity contribution is 0.0497. The Labute approximate surface area is 216 Å². The molecule has 1 unspecified atom stereocenters. The number of hydrogen-bond donors (Lipinski definition) is 2. The molecule has 0 aliphatic rings. The Morgan fingerprint density at radius 3 is 1.77 bits per heavy atom. The Morgan fingerprint density at radius 2 is 1.26 bits per heavy atom. The van der Waals surface area contributed by atoms with Crippen LogP contribution in [0.25, 0.3) is 0 Å². The minimum Gasteiger partial charge on any atom is -0.506 e. The number of rotatable bonds is 23. The maximum Gasteiger partial charge on any atom is 0.338 e. The van der Waals surface area contributed by atoms with E-state index < -0.39 is 0 Å². The van der Waals surface area contributed by atoms with Gasteiger partial charge < -0.3 is 15.2 Å². The van der Waals surface area contributed by atoms with E-state index in [-0.39, 0.29) is 17.8 Å². The third-order valence-electron chi connectivity index (χ3n) is 6.86. The Bertz CT molecular complexity index is 646. The van der Waals surface area contributed by atoms with Crippen LogP contribution >= 0.6 is 0 Å². The van der Waals surface area contributed by atoms with Gasteiger partial charge in [0.1, 0.15) is 5.75 Å². The fourth-order valence-corrected chi connectivity index (χ4v) is 4.54. The van der Waals surface area contributed by atoms with Crippen LogP contribution in [-0.4, -0.2) is 23.7 Å². The number of hydrogen-bond acceptors (Lipinski definition) is 4. The first-order valence-electron chi connectivity index (χ1n) is 14.8. The fourth-order valence-electron chi connectivity index (χ4n) is 4.54. The van der Waals surface area contributed by atoms with Gasteiger partial charge in [-0.1, -0.05) is 123 Å². The van der Waals surface area contributed by atoms with E-state index >= 15 is 0 Å². The van der Waals surface area contributed by atoms with Crippen molar-refractivity contribution in [1.29, 1.82) is 0 Å². The molecule has 0 fully saturated rings. The summed E-state index contributed by atoms with van der Waals surface area (Å²) < 4.78 is 5.42. The monoisotopic (exact) mass is 489 g/mol. The first kappa shape index (κ1) is 31.3. The second-order valence-corrected chi connectivity index (χ2v) is 10.4. The molecule has 1 atom stereocenters. The van der Waals surface area contributed by atoms with Crippen LogP contribution in [0, 0.1) is 0 Å². The summed E-state index contributed by atoms with van der Waals surface area (Å²) in [5.74, 6) is -0.245. The minimum atomic E-state index is -0.353. The lowest BCUT2D eigenvalue weighted by Crippen LogP contribution is -2.15. The summed E-state index contributed by atoms with van der Waals surface area (Å²) in [6.45, 7) is 7.07. The van der Waals surface area contributed by atoms with Gasteiger partial charge in [0.15, 0.2) is 0 Å². The lowest BCUT2D eigenvalue weighted by Gasteiger charge is -2.16. The van der Waals surface area contributed by atoms with E-state index in [1.165, 1.54) is 109 Å². The van der Waals surface area contributed by atoms with Crippen LogP contribution in [0.15, 0.2) is 18.2 Å². The van der Waals surface area contributed by atoms with E-state index in [1.54, 1.807) is 12.1 Å². The molecule has 0 aliphatic heterocycles. The molecule has 202 valence electrons. The van der Waals surface area contributed by atoms with E-state index in [4.69, 9.17) is 4.74 Å². The third kappa shape index (κ3) is 16.6. The van der Waals surface area contributed by atoms with Crippen molar-refractivity contribution in [2.75, 3.05) is 11.9 Å². The Morgan fingerprint density at radius 1 is 0.771 bits per heavy atom. The maximum absolute atomic E-state index is 12.3. The van der Waals surface area contributed by atoms with Crippen LogP contribution in [0.3, 0.4) is 0 Å². The first-order valence-corrected chi connectivity index (χ1v) is 14.8. The van der Waals surface area contributed by atoms with E-state index in [1.807, 2.05) is 0 Å². The van der Waals surface area contributed by atoms with Crippen molar-refractivity contribution in [2.45, 2.75) is 149 Å². The number of carbonyl (C=O) groups excluding carboxylic acids is 1. The average molecular weight is 490 g/mol. The number of nitrogens with one attached hydrogen (secondary N) is 1. The molecule has 0 bridgehead atoms. The van der Waals surface area contributed by atoms with Gasteiger partial charge in [0.25, 0.3) is 0 Å². The van der Waals surface area contributed by atoms with Gasteiger partial charge in [-0.25, -0.2) is 4.79 Å². The van der Waals surface area contributed by atoms with Crippen molar-refractivity contribution in [2.24, 2.45) is 0 Å². The Kier molecular flexibility index (Phi) is 19.3. The second kappa shape index (κ2) is 21.6. The van der Waals surface area contributed by atoms with Gasteiger partial charge in [0.05, 0.1) is 17.9 Å². The van der Waals surface area contributed by atoms with Crippen LogP contribution in [-0.2, 0) is 4.74 Å². The van der Waals surface area contributed by atoms with Gasteiger partial charge in [-0.05, 0) is 38.0 Å². The van der Waals surface area contributed by atoms with E-state index in [0.29, 0.717) is 17.9 Å². The van der Waals surface area contributed by atoms with Crippen LogP contribution < -0.4 is 5.32 Å². The molecule has 0 aliphatic carbocycles. The zero-order chi connectivity index (χ0) is 25.6. The van der Waals surface area contributed by atoms with Gasteiger partial charge in [0, 0.05) is 6.04 Å². The average Bonchev–Trinajstić information content (AvgIpc) is 2.85. The van der Waals surface area contributed by atoms with Gasteiger partial charge >= 0.3 is 5.97 Å². The predicted octanol–water partition coefficient (Wildman–Crippen LogP) is 9.80. The predicted molar refractivity (Wildman–Crippen MR) is 151 cm³/mol. The first-order chi connectivity index (χ1) is 17.1. The van der Waals surface area contributed by atoms with Gasteiger partial charge in [-0.3, -0.25) is 0 Å². The van der Waals surface area contributed by atoms with Crippen LogP contribution in [0.2, 0.25) is 0 Å². The highest BCUT2D eigenvalue weighted by atomic mass is 16.5. The standard InChI is InChI=1S/C31H55NO3/c1-4-6-8-10-11-12-13-14-15-16-17-18-19-21-25-35-31(34)28-23-24-29(30(33)26-28)32-27(3)22-20-9-7-5-2/h23-24,26-27,32-33H,4-22,25H2,1-3H3. The Hall–Kier alpha value is -1.71. The highest BCUT2D eigenvalue weighted by Crippen LogP contribution is 2.26. The zero-order valence-electron chi connectivity index (χ0n) is 23.2. The summed E-state index contributed by atoms with van der Waals surface area (Å²) in [6.07, 6.45) is 24.4. The number of ether oxygens (including phenoxy) is 1. The summed E-state index contributed by atoms with van der Waals surface area (Å²) in [6, 6.07) is 5.32. The van der Waals surface area contributed by atoms with E-state index in [0.717, 1.165) is 19.3 Å². The van der Waals surface area contributed by atoms with Gasteiger partial charge in [-0.15, -0.1) is 0 Å². The number of unbranched alkanes of at least 4 members (excludes halogenated alkanes) is 16. The molecule has 4 nitrogen and oxygen atoms in total. The largest absolute Gasteiger partial charge is 0.506 e. The molecule has 0 aromatic heterocycles. The van der Waals surface area contributed by atoms with Crippen molar-refractivity contribution >= 4 is 11.7 Å². The SMILES string of the molecule is CCCCCCCCCCCCCCCCOC(=O)c1ccc(NC(C)CCCCCC)c(O)c1. The number of aromatic hydroxyl groups is 1. The molecule has 0 amide bonds. The molecule has 1 aromatic rings. The molecule has 1 aromatic carbocycles. The smallest absolute Gasteiger partial charge is 0.338 e. The number of anilines is 1. The maximum atomic E-state index is 12.3. The summed E-state index contributed by atoms with van der Waals surface area (Å²) in [7, 11) is 0. The van der Waals surface area contributed by atoms with Crippen LogP contribution in [0.1, 0.15) is 153 Å². The third-order valence-corrected chi connectivity index (χ3v) is 6.86. The van der Waals surface area contributed by atoms with Crippen LogP contribution in [0.4, 0.5) is 5.69 Å². The molecule has 1 rings (SSSR count). The summed E-state index contributed by atoms with van der Waals surface area (Å²) in [5.41, 5.74) is 1.09. The molecule has 4 heteroatoms. The van der Waals surface area contributed by atoms with Gasteiger partial charge in [0.2, 0.25) is 0 Å². The minimum absolute atomic E-state index is 0.108. The number of esters is 1. The summed E-state index contributed by atoms with van der Waals surface area (Å²) >= 11 is 0. The quantitative estimate of drug-likeness (QED) is 0.0912. The summed E-state index contributed by atoms with van der Waals surface area (Å²) in [4.78, 5) is 12.3. The highest BCUT2D eigenvalue weighted by Gasteiger charge is 2.12. The lowest BCUT2D eigenvalue weighted by atomic mass is 10.0. The highest BCUT2D eigenvalue weighted by molar-refractivity contribution is 5.90. The number of benzene rings is 1. The molecule has 0 saturated carbocycles. The van der Waals surface area contributed by atoms with Crippen molar-refractivity contribution in [3.8, 4) is 5.75 Å². The molecule has 2 N–H and O–H groups in total. The number of phenols is 1. The van der Waals surface area contributed by atoms with Crippen molar-refractivity contribution in [1.82, 2.24) is 0 Å². The molecular weight excluding hydrogens is 434 g/mol. The molecule has 35 heavy (non-hydrogen) atoms. The molecule has 0 heterocycles. The van der Waals surface area contributed by atoms with E-state index in [2.05, 4.69) is 26.1 Å². The molecular formula is C31H55NO3. The van der Waals surface area contributed by atoms with E-state index in [9.17, 15) is 9.90 Å². The zero-order valence-corrected chi connectivity index (χ0v) is 23.2. The number of carbonyl (C=O) groups is 1. The summed E-state index contributed by atoms with van der Waals surface area (Å²) in [5, 5.41) is 13.7.